The van der Waals surface area contributed by atoms with Crippen LogP contribution in [0.1, 0.15) is 22.8 Å². The highest BCUT2D eigenvalue weighted by molar-refractivity contribution is 5.99. The van der Waals surface area contributed by atoms with E-state index in [1.165, 1.54) is 0 Å². The molecule has 1 aliphatic rings. The SMILES string of the molecule is C=C(C)N1Cc2ccccc2C1=O. The third kappa shape index (κ3) is 1.15. The van der Waals surface area contributed by atoms with Crippen molar-refractivity contribution >= 4 is 5.91 Å². The molecule has 1 aromatic carbocycles. The van der Waals surface area contributed by atoms with Gasteiger partial charge in [0, 0.05) is 11.3 Å². The Labute approximate surface area is 77.5 Å². The van der Waals surface area contributed by atoms with Crippen LogP contribution in [-0.2, 0) is 6.54 Å². The fourth-order valence-electron chi connectivity index (χ4n) is 1.56. The molecule has 0 bridgehead atoms. The zero-order chi connectivity index (χ0) is 9.42. The molecule has 0 radical (unpaired) electrons. The first-order valence-corrected chi connectivity index (χ1v) is 4.25. The van der Waals surface area contributed by atoms with Gasteiger partial charge in [0.25, 0.3) is 5.91 Å². The minimum atomic E-state index is 0.0723. The highest BCUT2D eigenvalue weighted by atomic mass is 16.2. The molecule has 0 aromatic heterocycles. The van der Waals surface area contributed by atoms with Crippen molar-refractivity contribution in [1.82, 2.24) is 4.90 Å². The number of rotatable bonds is 1. The number of nitrogens with zero attached hydrogens (tertiary/aromatic N) is 1. The van der Waals surface area contributed by atoms with Crippen LogP contribution in [0.15, 0.2) is 36.5 Å². The fourth-order valence-corrected chi connectivity index (χ4v) is 1.56. The van der Waals surface area contributed by atoms with Gasteiger partial charge in [0.2, 0.25) is 0 Å². The van der Waals surface area contributed by atoms with E-state index in [0.29, 0.717) is 6.54 Å². The Kier molecular flexibility index (Phi) is 1.69. The Hall–Kier alpha value is -1.57. The molecule has 1 heterocycles. The molecule has 2 nitrogen and oxygen atoms in total. The van der Waals surface area contributed by atoms with E-state index >= 15 is 0 Å². The topological polar surface area (TPSA) is 20.3 Å². The number of carbonyl (C=O) groups is 1. The summed E-state index contributed by atoms with van der Waals surface area (Å²) in [6.07, 6.45) is 0. The van der Waals surface area contributed by atoms with Gasteiger partial charge in [-0.15, -0.1) is 0 Å². The maximum Gasteiger partial charge on any atom is 0.258 e. The largest absolute Gasteiger partial charge is 0.309 e. The number of hydrogen-bond acceptors (Lipinski definition) is 1. The number of fused-ring (bicyclic) bond motifs is 1. The van der Waals surface area contributed by atoms with Gasteiger partial charge in [-0.3, -0.25) is 4.79 Å². The van der Waals surface area contributed by atoms with Gasteiger partial charge in [0.05, 0.1) is 6.54 Å². The minimum Gasteiger partial charge on any atom is -0.309 e. The average Bonchev–Trinajstić information content (AvgIpc) is 2.45. The predicted octanol–water partition coefficient (Wildman–Crippen LogP) is 2.18. The monoisotopic (exact) mass is 173 g/mol. The predicted molar refractivity (Wildman–Crippen MR) is 51.1 cm³/mol. The standard InChI is InChI=1S/C11H11NO/c1-8(2)12-7-9-5-3-4-6-10(9)11(12)13/h3-6H,1,7H2,2H3. The fraction of sp³-hybridized carbons (Fsp3) is 0.182. The van der Waals surface area contributed by atoms with Crippen molar-refractivity contribution in [1.29, 1.82) is 0 Å². The number of hydrogen-bond donors (Lipinski definition) is 0. The Morgan fingerprint density at radius 3 is 2.77 bits per heavy atom. The molecule has 2 heteroatoms. The van der Waals surface area contributed by atoms with Crippen molar-refractivity contribution in [2.75, 3.05) is 0 Å². The van der Waals surface area contributed by atoms with E-state index in [2.05, 4.69) is 6.58 Å². The second kappa shape index (κ2) is 2.73. The van der Waals surface area contributed by atoms with E-state index in [-0.39, 0.29) is 5.91 Å². The lowest BCUT2D eigenvalue weighted by Crippen LogP contribution is -2.20. The zero-order valence-corrected chi connectivity index (χ0v) is 7.58. The van der Waals surface area contributed by atoms with Gasteiger partial charge in [0.1, 0.15) is 0 Å². The summed E-state index contributed by atoms with van der Waals surface area (Å²) in [6.45, 7) is 6.30. The van der Waals surface area contributed by atoms with E-state index in [1.54, 1.807) is 4.90 Å². The van der Waals surface area contributed by atoms with Gasteiger partial charge in [-0.1, -0.05) is 24.8 Å². The lowest BCUT2D eigenvalue weighted by Gasteiger charge is -2.13. The zero-order valence-electron chi connectivity index (χ0n) is 7.58. The summed E-state index contributed by atoms with van der Waals surface area (Å²) in [4.78, 5) is 13.4. The smallest absolute Gasteiger partial charge is 0.258 e. The van der Waals surface area contributed by atoms with Crippen LogP contribution in [0.4, 0.5) is 0 Å². The van der Waals surface area contributed by atoms with E-state index < -0.39 is 0 Å². The lowest BCUT2D eigenvalue weighted by atomic mass is 10.1. The molecule has 0 aliphatic carbocycles. The van der Waals surface area contributed by atoms with E-state index in [4.69, 9.17) is 0 Å². The van der Waals surface area contributed by atoms with Crippen molar-refractivity contribution in [2.45, 2.75) is 13.5 Å². The first kappa shape index (κ1) is 8.05. The highest BCUT2D eigenvalue weighted by Gasteiger charge is 2.26. The van der Waals surface area contributed by atoms with Crippen LogP contribution in [0.2, 0.25) is 0 Å². The summed E-state index contributed by atoms with van der Waals surface area (Å²) in [5.74, 6) is 0.0723. The molecule has 1 aromatic rings. The van der Waals surface area contributed by atoms with Crippen LogP contribution >= 0.6 is 0 Å². The second-order valence-corrected chi connectivity index (χ2v) is 3.28. The van der Waals surface area contributed by atoms with E-state index in [0.717, 1.165) is 16.8 Å². The Bertz CT molecular complexity index is 381. The third-order valence-electron chi connectivity index (χ3n) is 2.28. The summed E-state index contributed by atoms with van der Waals surface area (Å²) in [7, 11) is 0. The van der Waals surface area contributed by atoms with Gasteiger partial charge >= 0.3 is 0 Å². The van der Waals surface area contributed by atoms with Gasteiger partial charge in [0.15, 0.2) is 0 Å². The molecular formula is C11H11NO. The van der Waals surface area contributed by atoms with Gasteiger partial charge in [-0.05, 0) is 18.6 Å². The normalized spacial score (nSPS) is 14.5. The molecule has 66 valence electrons. The molecule has 0 N–H and O–H groups in total. The van der Waals surface area contributed by atoms with Gasteiger partial charge < -0.3 is 4.90 Å². The molecule has 0 spiro atoms. The number of allylic oxidation sites excluding steroid dienone is 1. The maximum absolute atomic E-state index is 11.7. The molecule has 0 saturated heterocycles. The van der Waals surface area contributed by atoms with Crippen LogP contribution in [0.25, 0.3) is 0 Å². The highest BCUT2D eigenvalue weighted by Crippen LogP contribution is 2.24. The van der Waals surface area contributed by atoms with Crippen molar-refractivity contribution in [3.63, 3.8) is 0 Å². The van der Waals surface area contributed by atoms with Crippen LogP contribution < -0.4 is 0 Å². The number of benzene rings is 1. The Morgan fingerprint density at radius 2 is 2.15 bits per heavy atom. The maximum atomic E-state index is 11.7. The quantitative estimate of drug-likeness (QED) is 0.637. The third-order valence-corrected chi connectivity index (χ3v) is 2.28. The van der Waals surface area contributed by atoms with E-state index in [9.17, 15) is 4.79 Å². The van der Waals surface area contributed by atoms with Crippen LogP contribution in [-0.4, -0.2) is 10.8 Å². The van der Waals surface area contributed by atoms with Crippen LogP contribution in [0.3, 0.4) is 0 Å². The molecular weight excluding hydrogens is 162 g/mol. The van der Waals surface area contributed by atoms with Crippen LogP contribution in [0, 0.1) is 0 Å². The van der Waals surface area contributed by atoms with Crippen molar-refractivity contribution in [3.05, 3.63) is 47.7 Å². The second-order valence-electron chi connectivity index (χ2n) is 3.28. The molecule has 0 unspecified atom stereocenters. The molecule has 13 heavy (non-hydrogen) atoms. The van der Waals surface area contributed by atoms with Gasteiger partial charge in [-0.2, -0.15) is 0 Å². The average molecular weight is 173 g/mol. The molecule has 0 atom stereocenters. The Morgan fingerprint density at radius 1 is 1.46 bits per heavy atom. The summed E-state index contributed by atoms with van der Waals surface area (Å²) in [5.41, 5.74) is 2.71. The molecule has 0 fully saturated rings. The number of amides is 1. The molecule has 2 rings (SSSR count). The lowest BCUT2D eigenvalue weighted by molar-refractivity contribution is 0.0827. The summed E-state index contributed by atoms with van der Waals surface area (Å²) < 4.78 is 0. The molecule has 1 aliphatic heterocycles. The summed E-state index contributed by atoms with van der Waals surface area (Å²) in [6, 6.07) is 7.68. The number of carbonyl (C=O) groups excluding carboxylic acids is 1. The summed E-state index contributed by atoms with van der Waals surface area (Å²) in [5, 5.41) is 0. The van der Waals surface area contributed by atoms with Gasteiger partial charge in [-0.25, -0.2) is 0 Å². The van der Waals surface area contributed by atoms with Crippen LogP contribution in [0.5, 0.6) is 0 Å². The van der Waals surface area contributed by atoms with Crippen molar-refractivity contribution in [2.24, 2.45) is 0 Å². The van der Waals surface area contributed by atoms with E-state index in [1.807, 2.05) is 31.2 Å². The first-order chi connectivity index (χ1) is 6.20. The molecule has 1 amide bonds. The van der Waals surface area contributed by atoms with Crippen molar-refractivity contribution < 1.29 is 4.79 Å². The molecule has 0 saturated carbocycles. The van der Waals surface area contributed by atoms with Crippen molar-refractivity contribution in [3.8, 4) is 0 Å². The Balaban J connectivity index is 2.44. The minimum absolute atomic E-state index is 0.0723. The first-order valence-electron chi connectivity index (χ1n) is 4.25. The summed E-state index contributed by atoms with van der Waals surface area (Å²) >= 11 is 0.